The molecule has 0 heterocycles. The molecule has 1 nitrogen and oxygen atoms in total. The summed E-state index contributed by atoms with van der Waals surface area (Å²) < 4.78 is 8.97. The van der Waals surface area contributed by atoms with Gasteiger partial charge in [-0.15, -0.1) is 0 Å². The molecule has 0 saturated carbocycles. The van der Waals surface area contributed by atoms with Crippen molar-refractivity contribution in [2.24, 2.45) is 0 Å². The largest absolute Gasteiger partial charge is 1.00 e. The fraction of sp³-hybridized carbons (Fsp3) is 1.00. The number of alkyl halides is 1. The van der Waals surface area contributed by atoms with Crippen LogP contribution in [-0.4, -0.2) is 7.86 Å². The first-order valence-corrected chi connectivity index (χ1v) is 3.63. The molecule has 0 saturated heterocycles. The molecule has 0 rings (SSSR count). The van der Waals surface area contributed by atoms with E-state index < -0.39 is 0 Å². The predicted octanol–water partition coefficient (Wildman–Crippen LogP) is -5.99. The summed E-state index contributed by atoms with van der Waals surface area (Å²) in [5.41, 5.74) is 0. The van der Waals surface area contributed by atoms with Crippen molar-refractivity contribution in [3.63, 3.8) is 0 Å². The van der Waals surface area contributed by atoms with E-state index in [4.69, 9.17) is 3.44 Å². The van der Waals surface area contributed by atoms with Gasteiger partial charge in [-0.25, -0.2) is 0 Å². The van der Waals surface area contributed by atoms with E-state index in [0.717, 1.165) is 4.43 Å². The first-order valence-electron chi connectivity index (χ1n) is 1.14. The fourth-order valence-electron chi connectivity index (χ4n) is 0. The van der Waals surface area contributed by atoms with Gasteiger partial charge in [-0.1, -0.05) is 0 Å². The van der Waals surface area contributed by atoms with Gasteiger partial charge in [-0.2, -0.15) is 0 Å². The first kappa shape index (κ1) is 9.85. The minimum atomic E-state index is -0.389. The molecule has 0 aliphatic carbocycles. The molecule has 0 aromatic rings. The summed E-state index contributed by atoms with van der Waals surface area (Å²) in [6.07, 6.45) is 0. The van der Waals surface area contributed by atoms with Gasteiger partial charge in [0.1, 0.15) is 0 Å². The quantitative estimate of drug-likeness (QED) is 0.251. The average Bonchev–Trinajstić information content (AvgIpc) is 1.37. The van der Waals surface area contributed by atoms with Gasteiger partial charge in [0.25, 0.3) is 0 Å². The van der Waals surface area contributed by atoms with E-state index in [1.165, 1.54) is 0 Å². The smallest absolute Gasteiger partial charge is 1.00 e. The Bertz CT molecular complexity index is 11.6. The van der Waals surface area contributed by atoms with Gasteiger partial charge >= 0.3 is 66.0 Å². The molecule has 5 heavy (non-hydrogen) atoms. The zero-order valence-corrected chi connectivity index (χ0v) is 7.69. The second kappa shape index (κ2) is 9.19. The van der Waals surface area contributed by atoms with Crippen LogP contribution in [0.3, 0.4) is 0 Å². The van der Waals surface area contributed by atoms with Crippen LogP contribution in [0.1, 0.15) is 6.92 Å². The summed E-state index contributed by atoms with van der Waals surface area (Å²) in [7, 11) is 0. The van der Waals surface area contributed by atoms with E-state index in [1.54, 1.807) is 0 Å². The van der Waals surface area contributed by atoms with Crippen LogP contribution in [0.15, 0.2) is 0 Å². The first-order chi connectivity index (χ1) is 1.91. The Morgan fingerprint density at radius 2 is 2.00 bits per heavy atom. The molecule has 0 aliphatic rings. The maximum absolute atomic E-state index is 7.98. The van der Waals surface area contributed by atoms with Crippen molar-refractivity contribution in [1.82, 2.24) is 0 Å². The van der Waals surface area contributed by atoms with Crippen molar-refractivity contribution in [3.8, 4) is 0 Å². The number of hydrogen-bond acceptors (Lipinski definition) is 1. The Labute approximate surface area is 65.2 Å². The van der Waals surface area contributed by atoms with E-state index in [-0.39, 0.29) is 51.2 Å². The fourth-order valence-corrected chi connectivity index (χ4v) is 0. The van der Waals surface area contributed by atoms with Crippen molar-refractivity contribution in [1.29, 1.82) is 0 Å². The molecule has 1 N–H and O–H groups in total. The minimum Gasteiger partial charge on any atom is 1.00 e. The van der Waals surface area contributed by atoms with E-state index in [9.17, 15) is 0 Å². The average molecular weight is 196 g/mol. The standard InChI is InChI=1S/C2H6IO.Na/c1-2-3-4;/h4H,2H2,1H3;/q-1;+1. The van der Waals surface area contributed by atoms with Gasteiger partial charge in [0.15, 0.2) is 0 Å². The Morgan fingerprint density at radius 3 is 2.00 bits per heavy atom. The molecule has 0 fully saturated rings. The van der Waals surface area contributed by atoms with Crippen LogP contribution >= 0.6 is 0 Å². The zero-order valence-electron chi connectivity index (χ0n) is 3.53. The van der Waals surface area contributed by atoms with Gasteiger partial charge in [0, 0.05) is 0 Å². The third-order valence-corrected chi connectivity index (χ3v) is 0.802. The molecular weight excluding hydrogens is 190 g/mol. The van der Waals surface area contributed by atoms with Crippen molar-refractivity contribution >= 4 is 0 Å². The molecule has 0 aromatic carbocycles. The summed E-state index contributed by atoms with van der Waals surface area (Å²) >= 11 is -0.389. The molecule has 28 valence electrons. The summed E-state index contributed by atoms with van der Waals surface area (Å²) in [6, 6.07) is 0. The third kappa shape index (κ3) is 10.7. The van der Waals surface area contributed by atoms with Crippen LogP contribution in [0, 0.1) is 0 Å². The van der Waals surface area contributed by atoms with E-state index in [1.807, 2.05) is 6.92 Å². The normalized spacial score (nSPS) is 6.80. The maximum Gasteiger partial charge on any atom is 1.00 e. The summed E-state index contributed by atoms with van der Waals surface area (Å²) in [5.74, 6) is 0. The second-order valence-corrected chi connectivity index (χ2v) is 2.59. The zero-order chi connectivity index (χ0) is 3.41. The molecular formula is C2H6INaO. The minimum absolute atomic E-state index is 0. The molecule has 0 amide bonds. The molecule has 0 radical (unpaired) electrons. The van der Waals surface area contributed by atoms with Crippen molar-refractivity contribution in [3.05, 3.63) is 0 Å². The Morgan fingerprint density at radius 1 is 1.80 bits per heavy atom. The van der Waals surface area contributed by atoms with E-state index >= 15 is 0 Å². The van der Waals surface area contributed by atoms with Crippen LogP contribution < -0.4 is 51.2 Å². The maximum atomic E-state index is 7.98. The summed E-state index contributed by atoms with van der Waals surface area (Å²) in [5, 5.41) is 0. The molecule has 0 aromatic heterocycles. The number of rotatable bonds is 1. The van der Waals surface area contributed by atoms with Crippen LogP contribution in [0.5, 0.6) is 0 Å². The summed E-state index contributed by atoms with van der Waals surface area (Å²) in [4.78, 5) is 0. The van der Waals surface area contributed by atoms with Gasteiger partial charge in [0.05, 0.1) is 0 Å². The molecule has 0 atom stereocenters. The SMILES string of the molecule is CC[I-]O.[Na+]. The molecule has 0 spiro atoms. The number of hydrogen-bond donors (Lipinski definition) is 1. The summed E-state index contributed by atoms with van der Waals surface area (Å²) in [6.45, 7) is 1.98. The van der Waals surface area contributed by atoms with Gasteiger partial charge in [-0.3, -0.25) is 0 Å². The van der Waals surface area contributed by atoms with Crippen LogP contribution in [0.25, 0.3) is 0 Å². The number of halogens is 1. The van der Waals surface area contributed by atoms with Gasteiger partial charge in [0.2, 0.25) is 0 Å². The van der Waals surface area contributed by atoms with E-state index in [2.05, 4.69) is 0 Å². The van der Waals surface area contributed by atoms with Crippen molar-refractivity contribution < 1.29 is 54.6 Å². The topological polar surface area (TPSA) is 20.2 Å². The van der Waals surface area contributed by atoms with Gasteiger partial charge in [-0.05, 0) is 0 Å². The Hall–Kier alpha value is 1.69. The molecule has 0 unspecified atom stereocenters. The Kier molecular flexibility index (Phi) is 18.1. The van der Waals surface area contributed by atoms with Crippen molar-refractivity contribution in [2.45, 2.75) is 6.92 Å². The monoisotopic (exact) mass is 196 g/mol. The predicted molar refractivity (Wildman–Crippen MR) is 12.8 cm³/mol. The Balaban J connectivity index is 0. The molecule has 0 aliphatic heterocycles. The second-order valence-electron chi connectivity index (χ2n) is 0.387. The third-order valence-electron chi connectivity index (χ3n) is 0.120. The van der Waals surface area contributed by atoms with Crippen LogP contribution in [-0.2, 0) is 0 Å². The van der Waals surface area contributed by atoms with E-state index in [0.29, 0.717) is 0 Å². The van der Waals surface area contributed by atoms with Crippen LogP contribution in [0.2, 0.25) is 0 Å². The van der Waals surface area contributed by atoms with Crippen molar-refractivity contribution in [2.75, 3.05) is 4.43 Å². The molecule has 3 heteroatoms. The molecule has 0 bridgehead atoms. The van der Waals surface area contributed by atoms with Crippen LogP contribution in [0.4, 0.5) is 0 Å². The van der Waals surface area contributed by atoms with Gasteiger partial charge < -0.3 is 0 Å².